The maximum Gasteiger partial charge on any atom is 0.183 e. The molecule has 2 heteroatoms. The Hall–Kier alpha value is -1.83. The Kier molecular flexibility index (Phi) is 2.91. The fraction of sp³-hybridized carbons (Fsp3) is 0.214. The molecule has 0 atom stereocenters. The van der Waals surface area contributed by atoms with Gasteiger partial charge in [0, 0.05) is 12.6 Å². The van der Waals surface area contributed by atoms with Crippen LogP contribution in [-0.4, -0.2) is 10.8 Å². The van der Waals surface area contributed by atoms with E-state index in [-0.39, 0.29) is 5.78 Å². The molecule has 2 aromatic rings. The maximum atomic E-state index is 11.9. The minimum Gasteiger partial charge on any atom is -0.359 e. The molecule has 0 amide bonds. The Labute approximate surface area is 95.3 Å². The Morgan fingerprint density at radius 3 is 2.75 bits per heavy atom. The van der Waals surface area contributed by atoms with E-state index in [2.05, 4.69) is 23.2 Å². The van der Waals surface area contributed by atoms with Crippen LogP contribution in [0.15, 0.2) is 36.5 Å². The van der Waals surface area contributed by atoms with Crippen molar-refractivity contribution >= 4 is 5.78 Å². The highest BCUT2D eigenvalue weighted by atomic mass is 16.1. The zero-order chi connectivity index (χ0) is 11.5. The molecular weight excluding hydrogens is 198 g/mol. The molecule has 0 aliphatic carbocycles. The van der Waals surface area contributed by atoms with Crippen molar-refractivity contribution < 1.29 is 4.79 Å². The third-order valence-electron chi connectivity index (χ3n) is 2.75. The lowest BCUT2D eigenvalue weighted by atomic mass is 10.00. The molecule has 1 heterocycles. The van der Waals surface area contributed by atoms with Crippen LogP contribution in [0.25, 0.3) is 0 Å². The summed E-state index contributed by atoms with van der Waals surface area (Å²) in [6.07, 6.45) is 2.24. The molecule has 0 radical (unpaired) electrons. The van der Waals surface area contributed by atoms with Gasteiger partial charge in [0.25, 0.3) is 0 Å². The predicted molar refractivity (Wildman–Crippen MR) is 64.7 cm³/mol. The molecule has 0 spiro atoms. The van der Waals surface area contributed by atoms with E-state index in [0.717, 1.165) is 5.56 Å². The molecule has 2 nitrogen and oxygen atoms in total. The van der Waals surface area contributed by atoms with Gasteiger partial charge in [-0.1, -0.05) is 23.8 Å². The first-order valence-corrected chi connectivity index (χ1v) is 5.39. The van der Waals surface area contributed by atoms with E-state index in [1.54, 1.807) is 6.20 Å². The van der Waals surface area contributed by atoms with Crippen molar-refractivity contribution in [2.75, 3.05) is 0 Å². The van der Waals surface area contributed by atoms with Crippen LogP contribution in [0.4, 0.5) is 0 Å². The minimum absolute atomic E-state index is 0.138. The molecule has 0 saturated heterocycles. The number of nitrogens with one attached hydrogen (secondary N) is 1. The lowest BCUT2D eigenvalue weighted by Gasteiger charge is -2.05. The number of hydrogen-bond donors (Lipinski definition) is 1. The van der Waals surface area contributed by atoms with Crippen molar-refractivity contribution in [3.05, 3.63) is 58.9 Å². The Morgan fingerprint density at radius 2 is 2.06 bits per heavy atom. The monoisotopic (exact) mass is 213 g/mol. The fourth-order valence-electron chi connectivity index (χ4n) is 1.76. The smallest absolute Gasteiger partial charge is 0.183 e. The van der Waals surface area contributed by atoms with Gasteiger partial charge in [-0.05, 0) is 37.1 Å². The summed E-state index contributed by atoms with van der Waals surface area (Å²) >= 11 is 0. The van der Waals surface area contributed by atoms with Crippen LogP contribution >= 0.6 is 0 Å². The van der Waals surface area contributed by atoms with Crippen molar-refractivity contribution in [1.82, 2.24) is 4.98 Å². The number of ketones is 1. The van der Waals surface area contributed by atoms with Gasteiger partial charge in [-0.3, -0.25) is 4.79 Å². The van der Waals surface area contributed by atoms with Crippen LogP contribution in [0.1, 0.15) is 27.2 Å². The van der Waals surface area contributed by atoms with E-state index < -0.39 is 0 Å². The summed E-state index contributed by atoms with van der Waals surface area (Å²) in [5.41, 5.74) is 4.16. The number of hydrogen-bond acceptors (Lipinski definition) is 1. The molecule has 0 bridgehead atoms. The standard InChI is InChI=1S/C14H15NO/c1-10-5-6-11(2)12(8-10)9-14(16)13-4-3-7-15-13/h3-8,15H,9H2,1-2H3. The Balaban J connectivity index is 2.21. The van der Waals surface area contributed by atoms with Crippen molar-refractivity contribution in [3.63, 3.8) is 0 Å². The van der Waals surface area contributed by atoms with Gasteiger partial charge in [-0.15, -0.1) is 0 Å². The first kappa shape index (κ1) is 10.7. The van der Waals surface area contributed by atoms with E-state index in [4.69, 9.17) is 0 Å². The van der Waals surface area contributed by atoms with E-state index >= 15 is 0 Å². The number of H-pyrrole nitrogens is 1. The van der Waals surface area contributed by atoms with E-state index in [1.807, 2.05) is 26.0 Å². The van der Waals surface area contributed by atoms with Gasteiger partial charge in [0.05, 0.1) is 5.69 Å². The zero-order valence-corrected chi connectivity index (χ0v) is 9.58. The molecule has 0 unspecified atom stereocenters. The molecule has 2 rings (SSSR count). The van der Waals surface area contributed by atoms with Crippen molar-refractivity contribution in [1.29, 1.82) is 0 Å². The molecular formula is C14H15NO. The first-order valence-electron chi connectivity index (χ1n) is 5.39. The average molecular weight is 213 g/mol. The molecule has 0 saturated carbocycles. The molecule has 0 aliphatic rings. The number of benzene rings is 1. The summed E-state index contributed by atoms with van der Waals surface area (Å²) in [6, 6.07) is 9.87. The van der Waals surface area contributed by atoms with Gasteiger partial charge in [-0.25, -0.2) is 0 Å². The number of carbonyl (C=O) groups excluding carboxylic acids is 1. The van der Waals surface area contributed by atoms with Crippen LogP contribution in [0.2, 0.25) is 0 Å². The van der Waals surface area contributed by atoms with Crippen LogP contribution in [0, 0.1) is 13.8 Å². The fourth-order valence-corrected chi connectivity index (χ4v) is 1.76. The molecule has 1 aromatic heterocycles. The molecule has 0 fully saturated rings. The van der Waals surface area contributed by atoms with E-state index in [0.29, 0.717) is 12.1 Å². The molecule has 82 valence electrons. The van der Waals surface area contributed by atoms with Gasteiger partial charge in [-0.2, -0.15) is 0 Å². The summed E-state index contributed by atoms with van der Waals surface area (Å²) in [5, 5.41) is 0. The summed E-state index contributed by atoms with van der Waals surface area (Å²) in [6.45, 7) is 4.08. The Bertz CT molecular complexity index is 497. The minimum atomic E-state index is 0.138. The van der Waals surface area contributed by atoms with Gasteiger partial charge in [0.2, 0.25) is 0 Å². The maximum absolute atomic E-state index is 11.9. The summed E-state index contributed by atoms with van der Waals surface area (Å²) in [5.74, 6) is 0.138. The normalized spacial score (nSPS) is 10.4. The quantitative estimate of drug-likeness (QED) is 0.781. The molecule has 16 heavy (non-hydrogen) atoms. The SMILES string of the molecule is Cc1ccc(C)c(CC(=O)c2ccc[nH]2)c1. The van der Waals surface area contributed by atoms with Crippen LogP contribution in [0.3, 0.4) is 0 Å². The molecule has 1 aromatic carbocycles. The second-order valence-corrected chi connectivity index (χ2v) is 4.11. The lowest BCUT2D eigenvalue weighted by molar-refractivity contribution is 0.0988. The van der Waals surface area contributed by atoms with Gasteiger partial charge >= 0.3 is 0 Å². The highest BCUT2D eigenvalue weighted by molar-refractivity contribution is 5.96. The van der Waals surface area contributed by atoms with E-state index in [9.17, 15) is 4.79 Å². The van der Waals surface area contributed by atoms with Crippen LogP contribution in [0.5, 0.6) is 0 Å². The third kappa shape index (κ3) is 2.22. The number of aromatic nitrogens is 1. The summed E-state index contributed by atoms with van der Waals surface area (Å²) in [4.78, 5) is 14.8. The zero-order valence-electron chi connectivity index (χ0n) is 9.58. The summed E-state index contributed by atoms with van der Waals surface area (Å²) < 4.78 is 0. The van der Waals surface area contributed by atoms with Crippen molar-refractivity contribution in [2.45, 2.75) is 20.3 Å². The topological polar surface area (TPSA) is 32.9 Å². The highest BCUT2D eigenvalue weighted by Gasteiger charge is 2.09. The second-order valence-electron chi connectivity index (χ2n) is 4.11. The predicted octanol–water partition coefficient (Wildman–Crippen LogP) is 3.06. The Morgan fingerprint density at radius 1 is 1.25 bits per heavy atom. The number of carbonyl (C=O) groups is 1. The van der Waals surface area contributed by atoms with E-state index in [1.165, 1.54) is 11.1 Å². The second kappa shape index (κ2) is 4.35. The number of aryl methyl sites for hydroxylation is 2. The number of Topliss-reactive ketones (excluding diaryl/α,β-unsaturated/α-hetero) is 1. The lowest BCUT2D eigenvalue weighted by Crippen LogP contribution is -2.05. The average Bonchev–Trinajstić information content (AvgIpc) is 2.76. The third-order valence-corrected chi connectivity index (χ3v) is 2.75. The summed E-state index contributed by atoms with van der Waals surface area (Å²) in [7, 11) is 0. The molecule has 0 aliphatic heterocycles. The number of aromatic amines is 1. The van der Waals surface area contributed by atoms with Crippen molar-refractivity contribution in [3.8, 4) is 0 Å². The van der Waals surface area contributed by atoms with Crippen molar-refractivity contribution in [2.24, 2.45) is 0 Å². The van der Waals surface area contributed by atoms with Gasteiger partial charge in [0.1, 0.15) is 0 Å². The largest absolute Gasteiger partial charge is 0.359 e. The van der Waals surface area contributed by atoms with Crippen LogP contribution in [-0.2, 0) is 6.42 Å². The number of rotatable bonds is 3. The highest BCUT2D eigenvalue weighted by Crippen LogP contribution is 2.13. The first-order chi connectivity index (χ1) is 7.66. The van der Waals surface area contributed by atoms with Crippen LogP contribution < -0.4 is 0 Å². The molecule has 1 N–H and O–H groups in total. The van der Waals surface area contributed by atoms with Gasteiger partial charge < -0.3 is 4.98 Å². The van der Waals surface area contributed by atoms with Gasteiger partial charge in [0.15, 0.2) is 5.78 Å².